The third kappa shape index (κ3) is 8.89. The second kappa shape index (κ2) is 10.1. The van der Waals surface area contributed by atoms with Crippen molar-refractivity contribution in [2.45, 2.75) is 104 Å². The Labute approximate surface area is 180 Å². The average molecular weight is 439 g/mol. The van der Waals surface area contributed by atoms with E-state index in [4.69, 9.17) is 13.9 Å². The van der Waals surface area contributed by atoms with Gasteiger partial charge in [-0.05, 0) is 45.0 Å². The Hall–Kier alpha value is -0.716. The highest BCUT2D eigenvalue weighted by atomic mass is 28.4. The van der Waals surface area contributed by atoms with Crippen LogP contribution in [0.5, 0.6) is 0 Å². The van der Waals surface area contributed by atoms with Gasteiger partial charge < -0.3 is 18.7 Å². The molecule has 0 radical (unpaired) electrons. The van der Waals surface area contributed by atoms with Crippen LogP contribution in [-0.4, -0.2) is 47.3 Å². The molecule has 1 aliphatic heterocycles. The van der Waals surface area contributed by atoms with Crippen LogP contribution in [0, 0.1) is 17.4 Å². The van der Waals surface area contributed by atoms with E-state index in [-0.39, 0.29) is 28.9 Å². The van der Waals surface area contributed by atoms with Crippen molar-refractivity contribution >= 4 is 22.2 Å². The van der Waals surface area contributed by atoms with E-state index < -0.39 is 22.7 Å². The first-order chi connectivity index (χ1) is 13.0. The highest BCUT2D eigenvalue weighted by molar-refractivity contribution is 6.83. The minimum absolute atomic E-state index is 0.0359. The smallest absolute Gasteiger partial charge is 0.192 e. The van der Waals surface area contributed by atoms with Gasteiger partial charge in [0.1, 0.15) is 13.9 Å². The van der Waals surface area contributed by atoms with Crippen molar-refractivity contribution in [2.75, 3.05) is 6.61 Å². The molecule has 0 aliphatic carbocycles. The lowest BCUT2D eigenvalue weighted by Crippen LogP contribution is -2.46. The third-order valence-corrected chi connectivity index (χ3v) is 10.8. The molecule has 0 amide bonds. The first kappa shape index (κ1) is 26.3. The summed E-state index contributed by atoms with van der Waals surface area (Å²) in [7, 11) is -3.49. The van der Waals surface area contributed by atoms with E-state index in [1.165, 1.54) is 0 Å². The monoisotopic (exact) mass is 438 g/mol. The Kier molecular flexibility index (Phi) is 9.13. The maximum absolute atomic E-state index is 12.0. The van der Waals surface area contributed by atoms with Crippen LogP contribution < -0.4 is 0 Å². The number of carbonyl (C=O) groups is 1. The molecule has 166 valence electrons. The molecule has 0 aromatic heterocycles. The summed E-state index contributed by atoms with van der Waals surface area (Å²) in [6.45, 7) is 23.9. The van der Waals surface area contributed by atoms with Gasteiger partial charge in [-0.2, -0.15) is 0 Å². The molecule has 3 atom stereocenters. The van der Waals surface area contributed by atoms with E-state index in [9.17, 15) is 4.79 Å². The van der Waals surface area contributed by atoms with Gasteiger partial charge in [-0.3, -0.25) is 0 Å². The summed E-state index contributed by atoms with van der Waals surface area (Å²) >= 11 is 0. The maximum atomic E-state index is 12.0. The molecule has 0 unspecified atom stereocenters. The summed E-state index contributed by atoms with van der Waals surface area (Å²) in [5.74, 6) is 3.44. The number of Topliss-reactive ketones (excluding diaryl/α,β-unsaturated/α-hetero) is 1. The molecule has 29 heavy (non-hydrogen) atoms. The largest absolute Gasteiger partial charge is 0.414 e. The third-order valence-electron chi connectivity index (χ3n) is 5.38. The van der Waals surface area contributed by atoms with Crippen LogP contribution in [0.3, 0.4) is 0 Å². The van der Waals surface area contributed by atoms with Crippen LogP contribution in [0.25, 0.3) is 0 Å². The van der Waals surface area contributed by atoms with Crippen molar-refractivity contribution in [3.8, 4) is 11.5 Å². The van der Waals surface area contributed by atoms with Crippen LogP contribution in [0.4, 0.5) is 0 Å². The second-order valence-electron chi connectivity index (χ2n) is 10.9. The zero-order valence-corrected chi connectivity index (χ0v) is 22.4. The predicted molar refractivity (Wildman–Crippen MR) is 126 cm³/mol. The Bertz CT molecular complexity index is 657. The number of hydrogen-bond donors (Lipinski definition) is 0. The molecule has 0 fully saturated rings. The predicted octanol–water partition coefficient (Wildman–Crippen LogP) is 5.56. The van der Waals surface area contributed by atoms with Crippen molar-refractivity contribution in [2.24, 2.45) is 5.92 Å². The Balaban J connectivity index is 3.23. The van der Waals surface area contributed by atoms with Crippen molar-refractivity contribution < 1.29 is 18.7 Å². The van der Waals surface area contributed by atoms with Crippen LogP contribution in [0.15, 0.2) is 11.6 Å². The van der Waals surface area contributed by atoms with E-state index in [0.29, 0.717) is 13.0 Å². The molecule has 0 aromatic rings. The summed E-state index contributed by atoms with van der Waals surface area (Å²) in [5.41, 5.74) is 4.41. The Morgan fingerprint density at radius 2 is 1.79 bits per heavy atom. The van der Waals surface area contributed by atoms with Crippen molar-refractivity contribution in [1.29, 1.82) is 0 Å². The molecule has 6 heteroatoms. The van der Waals surface area contributed by atoms with Gasteiger partial charge in [-0.1, -0.05) is 46.3 Å². The average Bonchev–Trinajstić information content (AvgIpc) is 2.50. The summed E-state index contributed by atoms with van der Waals surface area (Å²) in [5, 5.41) is 0.113. The van der Waals surface area contributed by atoms with Gasteiger partial charge in [0.15, 0.2) is 14.6 Å². The fraction of sp³-hybridized carbons (Fsp3) is 0.783. The lowest BCUT2D eigenvalue weighted by atomic mass is 9.87. The maximum Gasteiger partial charge on any atom is 0.192 e. The van der Waals surface area contributed by atoms with Crippen LogP contribution in [-0.2, 0) is 18.7 Å². The summed E-state index contributed by atoms with van der Waals surface area (Å²) in [6, 6.07) is 0. The molecule has 1 aliphatic rings. The van der Waals surface area contributed by atoms with Gasteiger partial charge in [-0.15, -0.1) is 5.54 Å². The minimum atomic E-state index is -1.94. The van der Waals surface area contributed by atoms with Crippen LogP contribution in [0.1, 0.15) is 48.0 Å². The first-order valence-electron chi connectivity index (χ1n) is 10.7. The minimum Gasteiger partial charge on any atom is -0.414 e. The Morgan fingerprint density at radius 3 is 2.24 bits per heavy atom. The molecule has 1 heterocycles. The lowest BCUT2D eigenvalue weighted by Gasteiger charge is -2.40. The molecular weight excluding hydrogens is 396 g/mol. The highest BCUT2D eigenvalue weighted by Gasteiger charge is 2.40. The lowest BCUT2D eigenvalue weighted by molar-refractivity contribution is -0.185. The number of hydrogen-bond acceptors (Lipinski definition) is 4. The van der Waals surface area contributed by atoms with E-state index in [2.05, 4.69) is 65.0 Å². The number of carbonyl (C=O) groups excluding carboxylic acids is 1. The summed E-state index contributed by atoms with van der Waals surface area (Å²) in [6.07, 6.45) is 1.70. The Morgan fingerprint density at radius 1 is 1.21 bits per heavy atom. The van der Waals surface area contributed by atoms with Gasteiger partial charge in [0.2, 0.25) is 0 Å². The molecule has 0 spiro atoms. The quantitative estimate of drug-likeness (QED) is 0.385. The van der Waals surface area contributed by atoms with E-state index in [0.717, 1.165) is 5.57 Å². The topological polar surface area (TPSA) is 44.8 Å². The molecule has 0 N–H and O–H groups in total. The van der Waals surface area contributed by atoms with Crippen LogP contribution >= 0.6 is 0 Å². The van der Waals surface area contributed by atoms with E-state index in [1.54, 1.807) is 6.92 Å². The molecule has 4 nitrogen and oxygen atoms in total. The molecule has 0 saturated carbocycles. The van der Waals surface area contributed by atoms with E-state index in [1.807, 2.05) is 19.9 Å². The van der Waals surface area contributed by atoms with Crippen LogP contribution in [0.2, 0.25) is 37.8 Å². The van der Waals surface area contributed by atoms with Gasteiger partial charge in [0, 0.05) is 17.9 Å². The molecule has 0 saturated heterocycles. The van der Waals surface area contributed by atoms with Crippen molar-refractivity contribution in [1.82, 2.24) is 0 Å². The number of rotatable bonds is 7. The zero-order chi connectivity index (χ0) is 22.6. The summed E-state index contributed by atoms with van der Waals surface area (Å²) in [4.78, 5) is 12.0. The number of ketones is 1. The van der Waals surface area contributed by atoms with Gasteiger partial charge in [-0.25, -0.2) is 0 Å². The summed E-state index contributed by atoms with van der Waals surface area (Å²) < 4.78 is 18.7. The standard InChI is InChI=1S/C23H42O4Si2/c1-17(2)26-22-15-19(12-13-28(7,8)9)20(14-18(3)24)21(27-22)16-25-29(10,11)23(4,5)6/h15,17,20-22H,14,16H2,1-11H3/t20-,21+,22-/m0/s1. The second-order valence-corrected chi connectivity index (χ2v) is 20.5. The normalized spacial score (nSPS) is 23.4. The van der Waals surface area contributed by atoms with Crippen molar-refractivity contribution in [3.05, 3.63) is 11.6 Å². The zero-order valence-electron chi connectivity index (χ0n) is 20.4. The van der Waals surface area contributed by atoms with E-state index >= 15 is 0 Å². The van der Waals surface area contributed by atoms with Gasteiger partial charge in [0.25, 0.3) is 0 Å². The molecule has 1 rings (SSSR count). The number of ether oxygens (including phenoxy) is 2. The highest BCUT2D eigenvalue weighted by Crippen LogP contribution is 2.38. The van der Waals surface area contributed by atoms with Gasteiger partial charge >= 0.3 is 0 Å². The van der Waals surface area contributed by atoms with Crippen molar-refractivity contribution in [3.63, 3.8) is 0 Å². The molecule has 0 aromatic carbocycles. The first-order valence-corrected chi connectivity index (χ1v) is 17.1. The molecule has 0 bridgehead atoms. The fourth-order valence-electron chi connectivity index (χ4n) is 2.72. The SMILES string of the molecule is CC(=O)C[C@H]1C(C#C[Si](C)(C)C)=C[C@@H](OC(C)C)O[C@@H]1CO[Si](C)(C)C(C)(C)C. The van der Waals surface area contributed by atoms with Gasteiger partial charge in [0.05, 0.1) is 18.8 Å². The fourth-order valence-corrected chi connectivity index (χ4v) is 4.26. The molecular formula is C23H42O4Si2.